The van der Waals surface area contributed by atoms with Crippen LogP contribution < -0.4 is 0 Å². The molecule has 0 bridgehead atoms. The highest BCUT2D eigenvalue weighted by molar-refractivity contribution is 5.92. The van der Waals surface area contributed by atoms with Gasteiger partial charge in [-0.3, -0.25) is 0 Å². The summed E-state index contributed by atoms with van der Waals surface area (Å²) in [6.45, 7) is 12.7. The predicted octanol–water partition coefficient (Wildman–Crippen LogP) is 11.7. The minimum Gasteiger partial charge on any atom is -0.0984 e. The molecule has 0 heterocycles. The Labute approximate surface area is 240 Å². The molecule has 0 unspecified atom stereocenters. The number of allylic oxidation sites excluding steroid dienone is 8. The molecule has 200 valence electrons. The average Bonchev–Trinajstić information content (AvgIpc) is 3.56. The van der Waals surface area contributed by atoms with Crippen LogP contribution in [0.2, 0.25) is 0 Å². The van der Waals surface area contributed by atoms with Crippen LogP contribution in [0, 0.1) is 0 Å². The first-order valence-electron chi connectivity index (χ1n) is 14.2. The summed E-state index contributed by atoms with van der Waals surface area (Å²) in [5, 5.41) is 2.53. The molecular formula is C40H40. The van der Waals surface area contributed by atoms with Crippen molar-refractivity contribution in [1.29, 1.82) is 0 Å². The van der Waals surface area contributed by atoms with Gasteiger partial charge in [-0.15, -0.1) is 0 Å². The first-order chi connectivity index (χ1) is 19.0. The van der Waals surface area contributed by atoms with Gasteiger partial charge in [-0.2, -0.15) is 0 Å². The summed E-state index contributed by atoms with van der Waals surface area (Å²) >= 11 is 0. The van der Waals surface area contributed by atoms with Gasteiger partial charge in [-0.1, -0.05) is 130 Å². The monoisotopic (exact) mass is 520 g/mol. The van der Waals surface area contributed by atoms with E-state index in [1.54, 1.807) is 0 Å². The Morgan fingerprint density at radius 2 is 1.32 bits per heavy atom. The van der Waals surface area contributed by atoms with E-state index < -0.39 is 0 Å². The van der Waals surface area contributed by atoms with Crippen LogP contribution in [-0.4, -0.2) is 0 Å². The van der Waals surface area contributed by atoms with Gasteiger partial charge in [0, 0.05) is 5.41 Å². The number of hydrogen-bond donors (Lipinski definition) is 0. The van der Waals surface area contributed by atoms with Gasteiger partial charge >= 0.3 is 0 Å². The van der Waals surface area contributed by atoms with Crippen LogP contribution in [-0.2, 0) is 5.41 Å². The summed E-state index contributed by atoms with van der Waals surface area (Å²) in [7, 11) is 0. The van der Waals surface area contributed by atoms with Gasteiger partial charge in [0.25, 0.3) is 0 Å². The van der Waals surface area contributed by atoms with Crippen molar-refractivity contribution in [3.05, 3.63) is 145 Å². The van der Waals surface area contributed by atoms with Crippen molar-refractivity contribution < 1.29 is 0 Å². The molecule has 0 heteroatoms. The highest BCUT2D eigenvalue weighted by atomic mass is 14.5. The van der Waals surface area contributed by atoms with Gasteiger partial charge in [0.2, 0.25) is 0 Å². The molecule has 0 atom stereocenters. The summed E-state index contributed by atoms with van der Waals surface area (Å²) < 4.78 is 0. The third-order valence-corrected chi connectivity index (χ3v) is 8.97. The van der Waals surface area contributed by atoms with E-state index in [-0.39, 0.29) is 12.8 Å². The van der Waals surface area contributed by atoms with Gasteiger partial charge < -0.3 is 0 Å². The Balaban J connectivity index is 0.00000323. The van der Waals surface area contributed by atoms with E-state index in [4.69, 9.17) is 0 Å². The Bertz CT molecular complexity index is 1680. The highest BCUT2D eigenvalue weighted by Gasteiger charge is 2.44. The smallest absolute Gasteiger partial charge is 0.0174 e. The van der Waals surface area contributed by atoms with Crippen LogP contribution in [0.4, 0.5) is 0 Å². The van der Waals surface area contributed by atoms with E-state index >= 15 is 0 Å². The second-order valence-corrected chi connectivity index (χ2v) is 11.1. The number of fused-ring (bicyclic) bond motifs is 3. The zero-order valence-electron chi connectivity index (χ0n) is 23.1. The van der Waals surface area contributed by atoms with E-state index in [1.807, 2.05) is 31.2 Å². The van der Waals surface area contributed by atoms with Crippen LogP contribution in [0.3, 0.4) is 0 Å². The fourth-order valence-electron chi connectivity index (χ4n) is 6.76. The molecule has 2 aliphatic carbocycles. The molecule has 1 fully saturated rings. The first-order valence-corrected chi connectivity index (χ1v) is 14.2. The lowest BCUT2D eigenvalue weighted by molar-refractivity contribution is 0.534. The van der Waals surface area contributed by atoms with Crippen LogP contribution in [0.1, 0.15) is 63.6 Å². The molecular weight excluding hydrogens is 480 g/mol. The summed E-state index contributed by atoms with van der Waals surface area (Å²) in [5.41, 5.74) is 13.2. The van der Waals surface area contributed by atoms with E-state index in [9.17, 15) is 0 Å². The van der Waals surface area contributed by atoms with Gasteiger partial charge in [-0.25, -0.2) is 0 Å². The molecule has 0 saturated heterocycles. The third-order valence-electron chi connectivity index (χ3n) is 8.97. The molecule has 1 saturated carbocycles. The van der Waals surface area contributed by atoms with Gasteiger partial charge in [0.15, 0.2) is 0 Å². The minimum atomic E-state index is 0. The fraction of sp³-hybridized carbons (Fsp3) is 0.200. The molecule has 4 aromatic carbocycles. The van der Waals surface area contributed by atoms with Crippen molar-refractivity contribution in [3.8, 4) is 22.3 Å². The van der Waals surface area contributed by atoms with Crippen LogP contribution in [0.25, 0.3) is 44.2 Å². The topological polar surface area (TPSA) is 0 Å². The van der Waals surface area contributed by atoms with E-state index in [1.165, 1.54) is 81.0 Å². The quantitative estimate of drug-likeness (QED) is 0.222. The van der Waals surface area contributed by atoms with Crippen LogP contribution in [0.15, 0.2) is 128 Å². The molecule has 40 heavy (non-hydrogen) atoms. The molecule has 0 radical (unpaired) electrons. The lowest BCUT2D eigenvalue weighted by atomic mass is 9.75. The second kappa shape index (κ2) is 11.1. The van der Waals surface area contributed by atoms with Crippen LogP contribution >= 0.6 is 0 Å². The Morgan fingerprint density at radius 1 is 0.750 bits per heavy atom. The molecule has 4 aromatic rings. The maximum atomic E-state index is 4.20. The lowest BCUT2D eigenvalue weighted by Crippen LogP contribution is -2.20. The number of rotatable bonds is 6. The molecule has 1 spiro atoms. The predicted molar refractivity (Wildman–Crippen MR) is 177 cm³/mol. The second-order valence-electron chi connectivity index (χ2n) is 11.1. The fourth-order valence-corrected chi connectivity index (χ4v) is 6.76. The molecule has 6 rings (SSSR count). The Hall–Kier alpha value is -4.16. The van der Waals surface area contributed by atoms with Crippen molar-refractivity contribution in [2.75, 3.05) is 0 Å². The largest absolute Gasteiger partial charge is 0.0984 e. The summed E-state index contributed by atoms with van der Waals surface area (Å²) in [6.07, 6.45) is 15.3. The SMILES string of the molecule is C.C=CC1=C(C)C2(CCCC2)c2cc(-c3ccc4cc(-c5ccc(C(=C)/C=C\C=C/C)cc5)ccc4c3)ccc21. The molecule has 2 aliphatic rings. The maximum Gasteiger partial charge on any atom is 0.0174 e. The standard InChI is InChI=1S/C39H36.CH4/c1-5-7-8-11-27(3)29-12-14-30(15-13-29)31-16-17-33-25-34(19-18-32(33)24-31)35-20-21-37-36(6-2)28(4)39(38(37)26-35)22-9-10-23-39;/h5-8,11-21,24-26H,2-3,9-10,22-23H2,1,4H3;1H4/b7-5-,11-8-;. The molecule has 0 amide bonds. The van der Waals surface area contributed by atoms with E-state index in [0.29, 0.717) is 0 Å². The van der Waals surface area contributed by atoms with Crippen molar-refractivity contribution >= 4 is 21.9 Å². The maximum absolute atomic E-state index is 4.20. The van der Waals surface area contributed by atoms with Crippen molar-refractivity contribution in [1.82, 2.24) is 0 Å². The zero-order chi connectivity index (χ0) is 27.0. The van der Waals surface area contributed by atoms with Gasteiger partial charge in [0.1, 0.15) is 0 Å². The van der Waals surface area contributed by atoms with Crippen LogP contribution in [0.5, 0.6) is 0 Å². The van der Waals surface area contributed by atoms with E-state index in [0.717, 1.165) is 11.1 Å². The molecule has 0 nitrogen and oxygen atoms in total. The Kier molecular flexibility index (Phi) is 7.63. The zero-order valence-corrected chi connectivity index (χ0v) is 23.1. The summed E-state index contributed by atoms with van der Waals surface area (Å²) in [5.74, 6) is 0. The normalized spacial score (nSPS) is 15.8. The van der Waals surface area contributed by atoms with Gasteiger partial charge in [0.05, 0.1) is 0 Å². The van der Waals surface area contributed by atoms with Crippen molar-refractivity contribution in [2.45, 2.75) is 52.4 Å². The number of benzene rings is 4. The highest BCUT2D eigenvalue weighted by Crippen LogP contribution is 2.56. The van der Waals surface area contributed by atoms with Gasteiger partial charge in [-0.05, 0) is 106 Å². The first kappa shape index (κ1) is 27.4. The summed E-state index contributed by atoms with van der Waals surface area (Å²) in [6, 6.07) is 29.5. The number of hydrogen-bond acceptors (Lipinski definition) is 0. The van der Waals surface area contributed by atoms with Crippen molar-refractivity contribution in [2.24, 2.45) is 0 Å². The minimum absolute atomic E-state index is 0. The summed E-state index contributed by atoms with van der Waals surface area (Å²) in [4.78, 5) is 0. The third kappa shape index (κ3) is 4.62. The average molecular weight is 521 g/mol. The lowest BCUT2D eigenvalue weighted by Gasteiger charge is -2.28. The van der Waals surface area contributed by atoms with Crippen molar-refractivity contribution in [3.63, 3.8) is 0 Å². The molecule has 0 N–H and O–H groups in total. The molecule has 0 aromatic heterocycles. The molecule has 0 aliphatic heterocycles. The Morgan fingerprint density at radius 3 is 1.95 bits per heavy atom. The van der Waals surface area contributed by atoms with E-state index in [2.05, 4.69) is 105 Å².